The smallest absolute Gasteiger partial charge is 0.267 e. The maximum absolute atomic E-state index is 5.92. The predicted octanol–water partition coefficient (Wildman–Crippen LogP) is 4.20. The lowest BCUT2D eigenvalue weighted by Gasteiger charge is -2.12. The molecular weight excluding hydrogens is 320 g/mol. The number of nitrogens with zero attached hydrogens (tertiary/aromatic N) is 2. The molecule has 0 spiro atoms. The van der Waals surface area contributed by atoms with Crippen LogP contribution in [0.4, 0.5) is 0 Å². The van der Waals surface area contributed by atoms with Crippen LogP contribution in [0.3, 0.4) is 0 Å². The number of ether oxygens (including phenoxy) is 3. The normalized spacial score (nSPS) is 11.8. The minimum absolute atomic E-state index is 0.359. The van der Waals surface area contributed by atoms with Gasteiger partial charge in [-0.1, -0.05) is 23.4 Å². The van der Waals surface area contributed by atoms with Gasteiger partial charge in [-0.3, -0.25) is 0 Å². The number of aromatic nitrogens is 2. The van der Waals surface area contributed by atoms with Crippen LogP contribution in [0.2, 0.25) is 0 Å². The molecule has 0 aliphatic heterocycles. The van der Waals surface area contributed by atoms with Crippen LogP contribution in [-0.2, 0) is 0 Å². The van der Waals surface area contributed by atoms with Crippen molar-refractivity contribution in [1.29, 1.82) is 0 Å². The van der Waals surface area contributed by atoms with Gasteiger partial charge in [0.2, 0.25) is 5.82 Å². The molecule has 0 bridgehead atoms. The summed E-state index contributed by atoms with van der Waals surface area (Å²) >= 11 is 0. The molecule has 130 valence electrons. The second-order valence-electron chi connectivity index (χ2n) is 5.55. The first-order valence-electron chi connectivity index (χ1n) is 7.90. The van der Waals surface area contributed by atoms with E-state index in [1.807, 2.05) is 44.2 Å². The summed E-state index contributed by atoms with van der Waals surface area (Å²) in [4.78, 5) is 4.44. The van der Waals surface area contributed by atoms with Gasteiger partial charge in [-0.15, -0.1) is 0 Å². The minimum Gasteiger partial charge on any atom is -0.493 e. The van der Waals surface area contributed by atoms with Crippen LogP contribution in [-0.4, -0.2) is 24.4 Å². The van der Waals surface area contributed by atoms with Crippen molar-refractivity contribution in [3.63, 3.8) is 0 Å². The Morgan fingerprint density at radius 2 is 1.72 bits per heavy atom. The highest BCUT2D eigenvalue weighted by Gasteiger charge is 2.18. The van der Waals surface area contributed by atoms with E-state index >= 15 is 0 Å². The first kappa shape index (κ1) is 16.8. The molecule has 0 fully saturated rings. The third-order valence-corrected chi connectivity index (χ3v) is 3.83. The molecule has 0 saturated carbocycles. The Kier molecular flexibility index (Phi) is 4.88. The summed E-state index contributed by atoms with van der Waals surface area (Å²) in [5, 5.41) is 4.04. The lowest BCUT2D eigenvalue weighted by atomic mass is 10.2. The molecule has 6 nitrogen and oxygen atoms in total. The standard InChI is InChI=1S/C19H20N2O4/c1-12-7-5-6-8-15(12)24-13(2)19-20-18(21-25-19)14-9-10-16(22-3)17(11-14)23-4/h5-11,13H,1-4H3/t13-/m1/s1. The van der Waals surface area contributed by atoms with Crippen LogP contribution < -0.4 is 14.2 Å². The van der Waals surface area contributed by atoms with Gasteiger partial charge in [0, 0.05) is 5.56 Å². The Morgan fingerprint density at radius 3 is 2.44 bits per heavy atom. The van der Waals surface area contributed by atoms with Crippen molar-refractivity contribution in [3.8, 4) is 28.6 Å². The summed E-state index contributed by atoms with van der Waals surface area (Å²) in [6, 6.07) is 13.3. The van der Waals surface area contributed by atoms with E-state index < -0.39 is 0 Å². The largest absolute Gasteiger partial charge is 0.493 e. The quantitative estimate of drug-likeness (QED) is 0.670. The van der Waals surface area contributed by atoms with Crippen molar-refractivity contribution in [2.75, 3.05) is 14.2 Å². The maximum Gasteiger partial charge on any atom is 0.267 e. The topological polar surface area (TPSA) is 66.6 Å². The first-order valence-corrected chi connectivity index (χ1v) is 7.90. The van der Waals surface area contributed by atoms with Crippen LogP contribution in [0.1, 0.15) is 24.5 Å². The molecule has 1 aromatic heterocycles. The molecule has 6 heteroatoms. The highest BCUT2D eigenvalue weighted by atomic mass is 16.5. The molecule has 3 aromatic rings. The summed E-state index contributed by atoms with van der Waals surface area (Å²) in [7, 11) is 3.18. The first-order chi connectivity index (χ1) is 12.1. The monoisotopic (exact) mass is 340 g/mol. The number of benzene rings is 2. The number of methoxy groups -OCH3 is 2. The van der Waals surface area contributed by atoms with Crippen molar-refractivity contribution < 1.29 is 18.7 Å². The van der Waals surface area contributed by atoms with Crippen molar-refractivity contribution in [3.05, 3.63) is 53.9 Å². The summed E-state index contributed by atoms with van der Waals surface area (Å²) in [5.41, 5.74) is 1.82. The Labute approximate surface area is 146 Å². The fourth-order valence-corrected chi connectivity index (χ4v) is 2.42. The lowest BCUT2D eigenvalue weighted by Crippen LogP contribution is -2.04. The average Bonchev–Trinajstić information content (AvgIpc) is 3.13. The van der Waals surface area contributed by atoms with Gasteiger partial charge in [0.25, 0.3) is 5.89 Å². The van der Waals surface area contributed by atoms with E-state index in [0.29, 0.717) is 23.2 Å². The third-order valence-electron chi connectivity index (χ3n) is 3.83. The van der Waals surface area contributed by atoms with E-state index in [0.717, 1.165) is 16.9 Å². The highest BCUT2D eigenvalue weighted by Crippen LogP contribution is 2.32. The summed E-state index contributed by atoms with van der Waals surface area (Å²) in [5.74, 6) is 2.92. The highest BCUT2D eigenvalue weighted by molar-refractivity contribution is 5.60. The predicted molar refractivity (Wildman–Crippen MR) is 93.1 cm³/mol. The van der Waals surface area contributed by atoms with Crippen molar-refractivity contribution in [2.24, 2.45) is 0 Å². The molecule has 0 aliphatic rings. The van der Waals surface area contributed by atoms with Gasteiger partial charge in [-0.25, -0.2) is 0 Å². The van der Waals surface area contributed by atoms with Crippen LogP contribution >= 0.6 is 0 Å². The molecule has 0 amide bonds. The van der Waals surface area contributed by atoms with Gasteiger partial charge < -0.3 is 18.7 Å². The zero-order valence-corrected chi connectivity index (χ0v) is 14.6. The Morgan fingerprint density at radius 1 is 0.960 bits per heavy atom. The van der Waals surface area contributed by atoms with Crippen LogP contribution in [0.15, 0.2) is 47.0 Å². The van der Waals surface area contributed by atoms with Gasteiger partial charge in [0.05, 0.1) is 14.2 Å². The zero-order chi connectivity index (χ0) is 17.8. The van der Waals surface area contributed by atoms with E-state index in [-0.39, 0.29) is 6.10 Å². The molecule has 3 rings (SSSR count). The lowest BCUT2D eigenvalue weighted by molar-refractivity contribution is 0.175. The zero-order valence-electron chi connectivity index (χ0n) is 14.6. The Bertz CT molecular complexity index is 860. The van der Waals surface area contributed by atoms with Crippen LogP contribution in [0.5, 0.6) is 17.2 Å². The van der Waals surface area contributed by atoms with E-state index in [1.54, 1.807) is 26.4 Å². The number of hydrogen-bond donors (Lipinski definition) is 0. The van der Waals surface area contributed by atoms with E-state index in [9.17, 15) is 0 Å². The summed E-state index contributed by atoms with van der Waals surface area (Å²) < 4.78 is 21.8. The van der Waals surface area contributed by atoms with Gasteiger partial charge in [0.1, 0.15) is 5.75 Å². The molecule has 0 N–H and O–H groups in total. The fourth-order valence-electron chi connectivity index (χ4n) is 2.42. The van der Waals surface area contributed by atoms with E-state index in [1.165, 1.54) is 0 Å². The average molecular weight is 340 g/mol. The fraction of sp³-hybridized carbons (Fsp3) is 0.263. The van der Waals surface area contributed by atoms with Gasteiger partial charge in [-0.2, -0.15) is 4.98 Å². The molecule has 0 aliphatic carbocycles. The molecule has 0 radical (unpaired) electrons. The second-order valence-corrected chi connectivity index (χ2v) is 5.55. The second kappa shape index (κ2) is 7.25. The minimum atomic E-state index is -0.359. The van der Waals surface area contributed by atoms with Crippen molar-refractivity contribution >= 4 is 0 Å². The SMILES string of the molecule is COc1ccc(-c2noc([C@@H](C)Oc3ccccc3C)n2)cc1OC. The molecule has 25 heavy (non-hydrogen) atoms. The molecule has 0 saturated heterocycles. The van der Waals surface area contributed by atoms with Crippen LogP contribution in [0, 0.1) is 6.92 Å². The van der Waals surface area contributed by atoms with Crippen molar-refractivity contribution in [1.82, 2.24) is 10.1 Å². The molecule has 2 aromatic carbocycles. The molecular formula is C19H20N2O4. The number of aryl methyl sites for hydroxylation is 1. The Balaban J connectivity index is 1.81. The Hall–Kier alpha value is -3.02. The summed E-state index contributed by atoms with van der Waals surface area (Å²) in [6.07, 6.45) is -0.359. The molecule has 1 atom stereocenters. The van der Waals surface area contributed by atoms with Gasteiger partial charge in [0.15, 0.2) is 17.6 Å². The van der Waals surface area contributed by atoms with Gasteiger partial charge in [-0.05, 0) is 43.7 Å². The maximum atomic E-state index is 5.92. The van der Waals surface area contributed by atoms with E-state index in [4.69, 9.17) is 18.7 Å². The van der Waals surface area contributed by atoms with E-state index in [2.05, 4.69) is 10.1 Å². The molecule has 0 unspecified atom stereocenters. The molecule has 1 heterocycles. The van der Waals surface area contributed by atoms with Crippen molar-refractivity contribution in [2.45, 2.75) is 20.0 Å². The number of para-hydroxylation sites is 1. The number of hydrogen-bond acceptors (Lipinski definition) is 6. The summed E-state index contributed by atoms with van der Waals surface area (Å²) in [6.45, 7) is 3.86. The number of rotatable bonds is 6. The van der Waals surface area contributed by atoms with Crippen LogP contribution in [0.25, 0.3) is 11.4 Å². The third kappa shape index (κ3) is 3.57. The van der Waals surface area contributed by atoms with Gasteiger partial charge >= 0.3 is 0 Å².